The van der Waals surface area contributed by atoms with Gasteiger partial charge in [0, 0.05) is 6.54 Å². The van der Waals surface area contributed by atoms with E-state index in [0.29, 0.717) is 13.0 Å². The molecule has 0 aromatic carbocycles. The monoisotopic (exact) mass is 201 g/mol. The van der Waals surface area contributed by atoms with Gasteiger partial charge in [0.25, 0.3) is 0 Å². The van der Waals surface area contributed by atoms with Gasteiger partial charge in [0.2, 0.25) is 0 Å². The second-order valence-corrected chi connectivity index (χ2v) is 4.43. The van der Waals surface area contributed by atoms with Crippen LogP contribution in [-0.2, 0) is 14.3 Å². The third kappa shape index (κ3) is 4.07. The zero-order valence-corrected chi connectivity index (χ0v) is 9.13. The van der Waals surface area contributed by atoms with Crippen LogP contribution in [0.15, 0.2) is 0 Å². The number of rotatable bonds is 1. The Bertz CT molecular complexity index is 190. The first-order valence-corrected chi connectivity index (χ1v) is 5.04. The van der Waals surface area contributed by atoms with Crippen LogP contribution in [0.3, 0.4) is 0 Å². The fourth-order valence-electron chi connectivity index (χ4n) is 1.27. The molecular weight excluding hydrogens is 182 g/mol. The lowest BCUT2D eigenvalue weighted by molar-refractivity contribution is -0.168. The van der Waals surface area contributed by atoms with Gasteiger partial charge in [0.05, 0.1) is 6.61 Å². The van der Waals surface area contributed by atoms with Crippen LogP contribution in [0.1, 0.15) is 27.2 Å². The van der Waals surface area contributed by atoms with Gasteiger partial charge < -0.3 is 14.8 Å². The Labute approximate surface area is 85.0 Å². The van der Waals surface area contributed by atoms with Gasteiger partial charge in [-0.05, 0) is 33.7 Å². The lowest BCUT2D eigenvalue weighted by Crippen LogP contribution is -2.33. The average Bonchev–Trinajstić information content (AvgIpc) is 2.27. The zero-order chi connectivity index (χ0) is 10.6. The molecule has 1 N–H and O–H groups in total. The van der Waals surface area contributed by atoms with E-state index in [4.69, 9.17) is 9.47 Å². The molecule has 1 saturated heterocycles. The van der Waals surface area contributed by atoms with E-state index >= 15 is 0 Å². The van der Waals surface area contributed by atoms with Crippen molar-refractivity contribution in [1.29, 1.82) is 0 Å². The largest absolute Gasteiger partial charge is 0.458 e. The molecule has 0 spiro atoms. The van der Waals surface area contributed by atoms with Gasteiger partial charge in [-0.1, -0.05) is 0 Å². The summed E-state index contributed by atoms with van der Waals surface area (Å²) < 4.78 is 10.6. The third-order valence-corrected chi connectivity index (χ3v) is 1.85. The highest BCUT2D eigenvalue weighted by Crippen LogP contribution is 2.12. The molecule has 0 saturated carbocycles. The molecule has 0 amide bonds. The molecule has 4 nitrogen and oxygen atoms in total. The maximum atomic E-state index is 11.6. The van der Waals surface area contributed by atoms with Crippen LogP contribution in [0, 0.1) is 0 Å². The second-order valence-electron chi connectivity index (χ2n) is 4.43. The summed E-state index contributed by atoms with van der Waals surface area (Å²) in [5, 5.41) is 3.16. The van der Waals surface area contributed by atoms with E-state index < -0.39 is 11.7 Å². The van der Waals surface area contributed by atoms with Crippen molar-refractivity contribution >= 4 is 5.97 Å². The molecule has 0 radical (unpaired) electrons. The lowest BCUT2D eigenvalue weighted by Gasteiger charge is -2.23. The Morgan fingerprint density at radius 1 is 1.43 bits per heavy atom. The van der Waals surface area contributed by atoms with Crippen molar-refractivity contribution in [3.8, 4) is 0 Å². The van der Waals surface area contributed by atoms with E-state index in [9.17, 15) is 4.79 Å². The van der Waals surface area contributed by atoms with E-state index in [0.717, 1.165) is 13.1 Å². The van der Waals surface area contributed by atoms with Crippen LogP contribution < -0.4 is 5.32 Å². The first kappa shape index (κ1) is 11.5. The van der Waals surface area contributed by atoms with Crippen molar-refractivity contribution in [3.63, 3.8) is 0 Å². The van der Waals surface area contributed by atoms with E-state index in [1.165, 1.54) is 0 Å². The number of hydrogen-bond donors (Lipinski definition) is 1. The highest BCUT2D eigenvalue weighted by atomic mass is 16.6. The molecule has 1 rings (SSSR count). The van der Waals surface area contributed by atoms with E-state index in [-0.39, 0.29) is 5.97 Å². The summed E-state index contributed by atoms with van der Waals surface area (Å²) in [6.45, 7) is 7.77. The first-order valence-electron chi connectivity index (χ1n) is 5.04. The van der Waals surface area contributed by atoms with Crippen molar-refractivity contribution < 1.29 is 14.3 Å². The maximum Gasteiger partial charge on any atom is 0.335 e. The number of hydrogen-bond acceptors (Lipinski definition) is 4. The summed E-state index contributed by atoms with van der Waals surface area (Å²) in [7, 11) is 0. The molecule has 82 valence electrons. The normalized spacial score (nSPS) is 24.1. The number of ether oxygens (including phenoxy) is 2. The minimum Gasteiger partial charge on any atom is -0.458 e. The van der Waals surface area contributed by atoms with Gasteiger partial charge in [0.15, 0.2) is 6.10 Å². The molecule has 4 heteroatoms. The van der Waals surface area contributed by atoms with Crippen LogP contribution in [0.2, 0.25) is 0 Å². The third-order valence-electron chi connectivity index (χ3n) is 1.85. The van der Waals surface area contributed by atoms with Gasteiger partial charge >= 0.3 is 5.97 Å². The van der Waals surface area contributed by atoms with Crippen LogP contribution in [0.5, 0.6) is 0 Å². The molecule has 1 fully saturated rings. The fourth-order valence-corrected chi connectivity index (χ4v) is 1.27. The molecule has 0 aromatic rings. The van der Waals surface area contributed by atoms with Crippen LogP contribution >= 0.6 is 0 Å². The minimum atomic E-state index is -0.430. The van der Waals surface area contributed by atoms with E-state index in [2.05, 4.69) is 5.32 Å². The summed E-state index contributed by atoms with van der Waals surface area (Å²) in [6.07, 6.45) is 0.291. The van der Waals surface area contributed by atoms with Crippen molar-refractivity contribution in [1.82, 2.24) is 5.32 Å². The number of carbonyl (C=O) groups is 1. The highest BCUT2D eigenvalue weighted by Gasteiger charge is 2.26. The summed E-state index contributed by atoms with van der Waals surface area (Å²) >= 11 is 0. The Morgan fingerprint density at radius 2 is 2.14 bits per heavy atom. The van der Waals surface area contributed by atoms with Crippen molar-refractivity contribution in [2.24, 2.45) is 0 Å². The predicted molar refractivity (Wildman–Crippen MR) is 53.1 cm³/mol. The molecule has 1 aliphatic heterocycles. The second kappa shape index (κ2) is 4.75. The minimum absolute atomic E-state index is 0.249. The Hall–Kier alpha value is -0.610. The van der Waals surface area contributed by atoms with Gasteiger partial charge in [-0.25, -0.2) is 4.79 Å². The summed E-state index contributed by atoms with van der Waals surface area (Å²) in [4.78, 5) is 11.6. The smallest absolute Gasteiger partial charge is 0.335 e. The SMILES string of the molecule is CC(C)(C)OC(=O)C1CCNCCO1. The Kier molecular flexibility index (Phi) is 3.89. The molecule has 1 atom stereocenters. The molecule has 0 aliphatic carbocycles. The summed E-state index contributed by atoms with van der Waals surface area (Å²) in [6, 6.07) is 0. The molecule has 1 unspecified atom stereocenters. The van der Waals surface area contributed by atoms with Crippen LogP contribution in [0.4, 0.5) is 0 Å². The average molecular weight is 201 g/mol. The van der Waals surface area contributed by atoms with Gasteiger partial charge in [-0.15, -0.1) is 0 Å². The van der Waals surface area contributed by atoms with Gasteiger partial charge in [-0.2, -0.15) is 0 Å². The van der Waals surface area contributed by atoms with Crippen LogP contribution in [-0.4, -0.2) is 37.4 Å². The van der Waals surface area contributed by atoms with E-state index in [1.807, 2.05) is 20.8 Å². The summed E-state index contributed by atoms with van der Waals surface area (Å²) in [5.74, 6) is -0.249. The van der Waals surface area contributed by atoms with Gasteiger partial charge in [-0.3, -0.25) is 0 Å². The lowest BCUT2D eigenvalue weighted by atomic mass is 10.2. The number of esters is 1. The molecule has 14 heavy (non-hydrogen) atoms. The Morgan fingerprint density at radius 3 is 2.79 bits per heavy atom. The molecule has 1 heterocycles. The number of nitrogens with one attached hydrogen (secondary N) is 1. The summed E-state index contributed by atoms with van der Waals surface area (Å²) in [5.41, 5.74) is -0.430. The first-order chi connectivity index (χ1) is 6.49. The Balaban J connectivity index is 2.42. The highest BCUT2D eigenvalue weighted by molar-refractivity contribution is 5.75. The van der Waals surface area contributed by atoms with E-state index in [1.54, 1.807) is 0 Å². The van der Waals surface area contributed by atoms with Crippen molar-refractivity contribution in [2.75, 3.05) is 19.7 Å². The molecular formula is C10H19NO3. The van der Waals surface area contributed by atoms with Crippen molar-refractivity contribution in [3.05, 3.63) is 0 Å². The topological polar surface area (TPSA) is 47.6 Å². The molecule has 0 aromatic heterocycles. The zero-order valence-electron chi connectivity index (χ0n) is 9.13. The van der Waals surface area contributed by atoms with Crippen LogP contribution in [0.25, 0.3) is 0 Å². The van der Waals surface area contributed by atoms with Crippen molar-refractivity contribution in [2.45, 2.75) is 38.9 Å². The maximum absolute atomic E-state index is 11.6. The predicted octanol–water partition coefficient (Wildman–Crippen LogP) is 0.707. The molecule has 1 aliphatic rings. The fraction of sp³-hybridized carbons (Fsp3) is 0.900. The van der Waals surface area contributed by atoms with Gasteiger partial charge in [0.1, 0.15) is 5.60 Å². The standard InChI is InChI=1S/C10H19NO3/c1-10(2,3)14-9(12)8-4-5-11-6-7-13-8/h8,11H,4-7H2,1-3H3. The molecule has 0 bridgehead atoms. The number of carbonyl (C=O) groups excluding carboxylic acids is 1. The quantitative estimate of drug-likeness (QED) is 0.635.